The van der Waals surface area contributed by atoms with Gasteiger partial charge in [0.2, 0.25) is 0 Å². The molecule has 2 rings (SSSR count). The number of guanidine groups is 1. The van der Waals surface area contributed by atoms with Gasteiger partial charge in [0.25, 0.3) is 5.69 Å². The Bertz CT molecular complexity index is 630. The molecule has 0 saturated heterocycles. The van der Waals surface area contributed by atoms with E-state index in [1.165, 1.54) is 12.1 Å². The van der Waals surface area contributed by atoms with Crippen molar-refractivity contribution in [2.75, 3.05) is 11.9 Å². The SMILES string of the molecule is I.NC(=NCCc1ccc([N+](=O)[O-])cc1)Nc1ccccc1. The third kappa shape index (κ3) is 5.68. The maximum atomic E-state index is 10.5. The fourth-order valence-electron chi connectivity index (χ4n) is 1.80. The van der Waals surface area contributed by atoms with Crippen molar-refractivity contribution in [3.63, 3.8) is 0 Å². The maximum Gasteiger partial charge on any atom is 0.269 e. The van der Waals surface area contributed by atoms with Gasteiger partial charge < -0.3 is 11.1 Å². The molecule has 22 heavy (non-hydrogen) atoms. The fourth-order valence-corrected chi connectivity index (χ4v) is 1.80. The lowest BCUT2D eigenvalue weighted by molar-refractivity contribution is -0.384. The number of anilines is 1. The number of rotatable bonds is 5. The normalized spacial score (nSPS) is 10.6. The van der Waals surface area contributed by atoms with Gasteiger partial charge in [0, 0.05) is 24.4 Å². The summed E-state index contributed by atoms with van der Waals surface area (Å²) in [5.41, 5.74) is 7.74. The number of aliphatic imine (C=N–C) groups is 1. The molecule has 3 N–H and O–H groups in total. The molecule has 0 amide bonds. The van der Waals surface area contributed by atoms with E-state index in [1.807, 2.05) is 30.3 Å². The Morgan fingerprint density at radius 1 is 1.14 bits per heavy atom. The smallest absolute Gasteiger partial charge is 0.269 e. The highest BCUT2D eigenvalue weighted by Crippen LogP contribution is 2.12. The molecule has 0 fully saturated rings. The second kappa shape index (κ2) is 8.98. The molecule has 0 unspecified atom stereocenters. The number of nitrogens with zero attached hydrogens (tertiary/aromatic N) is 2. The van der Waals surface area contributed by atoms with Gasteiger partial charge in [0.1, 0.15) is 0 Å². The van der Waals surface area contributed by atoms with Gasteiger partial charge in [-0.25, -0.2) is 0 Å². The molecule has 0 radical (unpaired) electrons. The van der Waals surface area contributed by atoms with Crippen molar-refractivity contribution in [2.45, 2.75) is 6.42 Å². The molecule has 7 heteroatoms. The van der Waals surface area contributed by atoms with Crippen LogP contribution in [0.3, 0.4) is 0 Å². The van der Waals surface area contributed by atoms with Gasteiger partial charge in [-0.2, -0.15) is 0 Å². The summed E-state index contributed by atoms with van der Waals surface area (Å²) in [6.07, 6.45) is 0.676. The number of hydrogen-bond donors (Lipinski definition) is 2. The van der Waals surface area contributed by atoms with E-state index < -0.39 is 4.92 Å². The van der Waals surface area contributed by atoms with Crippen LogP contribution in [-0.4, -0.2) is 17.4 Å². The summed E-state index contributed by atoms with van der Waals surface area (Å²) in [7, 11) is 0. The fraction of sp³-hybridized carbons (Fsp3) is 0.133. The Morgan fingerprint density at radius 2 is 1.77 bits per heavy atom. The topological polar surface area (TPSA) is 93.5 Å². The molecule has 0 atom stereocenters. The van der Waals surface area contributed by atoms with Crippen LogP contribution in [0.2, 0.25) is 0 Å². The first-order valence-corrected chi connectivity index (χ1v) is 6.50. The van der Waals surface area contributed by atoms with Gasteiger partial charge >= 0.3 is 0 Å². The Kier molecular flexibility index (Phi) is 7.30. The van der Waals surface area contributed by atoms with Crippen LogP contribution < -0.4 is 11.1 Å². The van der Waals surface area contributed by atoms with Gasteiger partial charge in [-0.1, -0.05) is 30.3 Å². The van der Waals surface area contributed by atoms with Crippen molar-refractivity contribution in [1.82, 2.24) is 0 Å². The van der Waals surface area contributed by atoms with Crippen LogP contribution in [0, 0.1) is 10.1 Å². The van der Waals surface area contributed by atoms with Crippen LogP contribution in [0.1, 0.15) is 5.56 Å². The molecule has 2 aromatic rings. The third-order valence-corrected chi connectivity index (χ3v) is 2.88. The van der Waals surface area contributed by atoms with Gasteiger partial charge in [0.15, 0.2) is 5.96 Å². The summed E-state index contributed by atoms with van der Waals surface area (Å²) in [6, 6.07) is 16.0. The summed E-state index contributed by atoms with van der Waals surface area (Å²) in [5, 5.41) is 13.5. The largest absolute Gasteiger partial charge is 0.370 e. The standard InChI is InChI=1S/C15H16N4O2.HI/c16-15(18-13-4-2-1-3-5-13)17-11-10-12-6-8-14(9-7-12)19(20)21;/h1-9H,10-11H2,(H3,16,17,18);1H. The second-order valence-electron chi connectivity index (χ2n) is 4.43. The first-order valence-electron chi connectivity index (χ1n) is 6.50. The van der Waals surface area contributed by atoms with Crippen molar-refractivity contribution >= 4 is 41.3 Å². The Balaban J connectivity index is 0.00000242. The average molecular weight is 412 g/mol. The number of nitro benzene ring substituents is 1. The number of non-ortho nitro benzene ring substituents is 1. The minimum atomic E-state index is -0.413. The van der Waals surface area contributed by atoms with Crippen molar-refractivity contribution in [2.24, 2.45) is 10.7 Å². The lowest BCUT2D eigenvalue weighted by atomic mass is 10.1. The molecule has 116 valence electrons. The monoisotopic (exact) mass is 412 g/mol. The van der Waals surface area contributed by atoms with Crippen LogP contribution in [0.25, 0.3) is 0 Å². The van der Waals surface area contributed by atoms with Crippen molar-refractivity contribution in [1.29, 1.82) is 0 Å². The zero-order chi connectivity index (χ0) is 15.1. The molecule has 0 aliphatic rings. The highest BCUT2D eigenvalue weighted by Gasteiger charge is 2.03. The minimum absolute atomic E-state index is 0. The van der Waals surface area contributed by atoms with Crippen molar-refractivity contribution in [3.05, 3.63) is 70.3 Å². The van der Waals surface area contributed by atoms with Crippen LogP contribution in [0.4, 0.5) is 11.4 Å². The number of para-hydroxylation sites is 1. The number of halogens is 1. The van der Waals surface area contributed by atoms with Gasteiger partial charge in [-0.15, -0.1) is 24.0 Å². The van der Waals surface area contributed by atoms with E-state index in [-0.39, 0.29) is 29.7 Å². The first-order chi connectivity index (χ1) is 10.1. The quantitative estimate of drug-likeness (QED) is 0.259. The van der Waals surface area contributed by atoms with Crippen LogP contribution in [0.15, 0.2) is 59.6 Å². The van der Waals surface area contributed by atoms with Crippen molar-refractivity contribution < 1.29 is 4.92 Å². The molecule has 6 nitrogen and oxygen atoms in total. The van der Waals surface area contributed by atoms with Crippen LogP contribution >= 0.6 is 24.0 Å². The van der Waals surface area contributed by atoms with E-state index >= 15 is 0 Å². The minimum Gasteiger partial charge on any atom is -0.370 e. The Labute approximate surface area is 145 Å². The number of benzene rings is 2. The van der Waals surface area contributed by atoms with Crippen LogP contribution in [0.5, 0.6) is 0 Å². The number of nitro groups is 1. The van der Waals surface area contributed by atoms with E-state index in [2.05, 4.69) is 10.3 Å². The highest BCUT2D eigenvalue weighted by molar-refractivity contribution is 14.0. The zero-order valence-electron chi connectivity index (χ0n) is 11.8. The summed E-state index contributed by atoms with van der Waals surface area (Å²) < 4.78 is 0. The average Bonchev–Trinajstić information content (AvgIpc) is 2.49. The Morgan fingerprint density at radius 3 is 2.36 bits per heavy atom. The van der Waals surface area contributed by atoms with Gasteiger partial charge in [-0.05, 0) is 24.1 Å². The highest BCUT2D eigenvalue weighted by atomic mass is 127. The molecule has 0 bridgehead atoms. The summed E-state index contributed by atoms with van der Waals surface area (Å²) in [5.74, 6) is 0.350. The lowest BCUT2D eigenvalue weighted by Gasteiger charge is -2.05. The molecule has 2 aromatic carbocycles. The van der Waals surface area contributed by atoms with E-state index in [0.29, 0.717) is 18.9 Å². The van der Waals surface area contributed by atoms with E-state index in [1.54, 1.807) is 12.1 Å². The number of nitrogens with one attached hydrogen (secondary N) is 1. The number of hydrogen-bond acceptors (Lipinski definition) is 3. The molecule has 0 aliphatic heterocycles. The maximum absolute atomic E-state index is 10.5. The van der Waals surface area contributed by atoms with E-state index in [4.69, 9.17) is 5.73 Å². The molecule has 0 heterocycles. The third-order valence-electron chi connectivity index (χ3n) is 2.88. The summed E-state index contributed by atoms with van der Waals surface area (Å²) in [4.78, 5) is 14.4. The first kappa shape index (κ1) is 17.9. The molecule has 0 saturated carbocycles. The molecule has 0 spiro atoms. The molecular weight excluding hydrogens is 395 g/mol. The predicted molar refractivity (Wildman–Crippen MR) is 98.8 cm³/mol. The Hall–Kier alpha value is -2.16. The molecule has 0 aromatic heterocycles. The van der Waals surface area contributed by atoms with Gasteiger partial charge in [0.05, 0.1) is 4.92 Å². The van der Waals surface area contributed by atoms with Gasteiger partial charge in [-0.3, -0.25) is 15.1 Å². The summed E-state index contributed by atoms with van der Waals surface area (Å²) >= 11 is 0. The molecule has 0 aliphatic carbocycles. The second-order valence-corrected chi connectivity index (χ2v) is 4.43. The van der Waals surface area contributed by atoms with Crippen LogP contribution in [-0.2, 0) is 6.42 Å². The summed E-state index contributed by atoms with van der Waals surface area (Å²) in [6.45, 7) is 0.517. The lowest BCUT2D eigenvalue weighted by Crippen LogP contribution is -2.23. The van der Waals surface area contributed by atoms with Crippen molar-refractivity contribution in [3.8, 4) is 0 Å². The predicted octanol–water partition coefficient (Wildman–Crippen LogP) is 3.18. The van der Waals surface area contributed by atoms with E-state index in [9.17, 15) is 10.1 Å². The van der Waals surface area contributed by atoms with E-state index in [0.717, 1.165) is 11.3 Å². The number of nitrogens with two attached hydrogens (primary N) is 1. The molecular formula is C15H17IN4O2. The zero-order valence-corrected chi connectivity index (χ0v) is 14.1.